The molecule has 1 fully saturated rings. The number of aromatic nitrogens is 3. The Labute approximate surface area is 154 Å². The first-order valence-corrected chi connectivity index (χ1v) is 9.27. The number of hydrogen-bond acceptors (Lipinski definition) is 5. The van der Waals surface area contributed by atoms with Gasteiger partial charge in [0.2, 0.25) is 5.91 Å². The zero-order chi connectivity index (χ0) is 17.9. The van der Waals surface area contributed by atoms with Crippen molar-refractivity contribution >= 4 is 28.8 Å². The first-order valence-electron chi connectivity index (χ1n) is 8.32. The smallest absolute Gasteiger partial charge is 0.274 e. The molecule has 0 saturated carbocycles. The van der Waals surface area contributed by atoms with Gasteiger partial charge in [-0.1, -0.05) is 6.07 Å². The second kappa shape index (κ2) is 7.09. The number of nitrogens with one attached hydrogen (secondary N) is 1. The number of likely N-dealkylation sites (tertiary alicyclic amines) is 1. The molecule has 0 aliphatic carbocycles. The minimum absolute atomic E-state index is 0.177. The average molecular weight is 367 g/mol. The van der Waals surface area contributed by atoms with Crippen molar-refractivity contribution in [1.82, 2.24) is 19.7 Å². The summed E-state index contributed by atoms with van der Waals surface area (Å²) in [5.74, 6) is -0.363. The van der Waals surface area contributed by atoms with E-state index in [1.54, 1.807) is 26.7 Å². The topological polar surface area (TPSA) is 80.1 Å². The molecule has 3 aromatic rings. The third kappa shape index (κ3) is 3.23. The molecule has 1 atom stereocenters. The van der Waals surface area contributed by atoms with Crippen molar-refractivity contribution in [3.05, 3.63) is 59.3 Å². The number of nitrogens with zero attached hydrogens (tertiary/aromatic N) is 4. The van der Waals surface area contributed by atoms with Gasteiger partial charge in [0.1, 0.15) is 11.7 Å². The Hall–Kier alpha value is -3.00. The fourth-order valence-corrected chi connectivity index (χ4v) is 3.65. The molecule has 0 bridgehead atoms. The van der Waals surface area contributed by atoms with Crippen molar-refractivity contribution in [3.63, 3.8) is 0 Å². The second-order valence-electron chi connectivity index (χ2n) is 6.02. The highest BCUT2D eigenvalue weighted by Gasteiger charge is 2.35. The number of hydrogen-bond donors (Lipinski definition) is 1. The number of thiazole rings is 1. The Morgan fingerprint density at radius 3 is 2.96 bits per heavy atom. The Kier molecular flexibility index (Phi) is 4.49. The van der Waals surface area contributed by atoms with Gasteiger partial charge < -0.3 is 10.2 Å². The molecule has 2 aromatic heterocycles. The average Bonchev–Trinajstić information content (AvgIpc) is 3.44. The Morgan fingerprint density at radius 1 is 1.27 bits per heavy atom. The molecular formula is C18H17N5O2S. The number of carbonyl (C=O) groups excluding carboxylic acids is 2. The number of anilines is 1. The van der Waals surface area contributed by atoms with Crippen LogP contribution < -0.4 is 5.32 Å². The molecule has 1 aromatic carbocycles. The molecule has 2 amide bonds. The molecule has 0 radical (unpaired) electrons. The van der Waals surface area contributed by atoms with Gasteiger partial charge in [-0.05, 0) is 37.1 Å². The van der Waals surface area contributed by atoms with Gasteiger partial charge in [0.05, 0.1) is 11.2 Å². The van der Waals surface area contributed by atoms with Gasteiger partial charge in [-0.25, -0.2) is 9.67 Å². The summed E-state index contributed by atoms with van der Waals surface area (Å²) in [5.41, 5.74) is 3.56. The largest absolute Gasteiger partial charge is 0.325 e. The highest BCUT2D eigenvalue weighted by atomic mass is 32.1. The SMILES string of the molecule is O=C(Nc1cccc(-n2cccn2)c1)C1CCCN1C(=O)c1cscn1. The van der Waals surface area contributed by atoms with Crippen molar-refractivity contribution in [2.24, 2.45) is 0 Å². The van der Waals surface area contributed by atoms with Crippen LogP contribution in [0.15, 0.2) is 53.6 Å². The molecule has 3 heterocycles. The summed E-state index contributed by atoms with van der Waals surface area (Å²) in [6.07, 6.45) is 5.00. The monoisotopic (exact) mass is 367 g/mol. The molecule has 0 spiro atoms. The molecule has 1 unspecified atom stereocenters. The summed E-state index contributed by atoms with van der Waals surface area (Å²) in [6, 6.07) is 8.82. The van der Waals surface area contributed by atoms with Gasteiger partial charge in [-0.3, -0.25) is 9.59 Å². The Balaban J connectivity index is 1.49. The predicted octanol–water partition coefficient (Wildman–Crippen LogP) is 2.57. The first kappa shape index (κ1) is 16.5. The lowest BCUT2D eigenvalue weighted by Gasteiger charge is -2.23. The molecular weight excluding hydrogens is 350 g/mol. The normalized spacial score (nSPS) is 16.6. The third-order valence-electron chi connectivity index (χ3n) is 4.35. The number of rotatable bonds is 4. The molecule has 4 rings (SSSR count). The van der Waals surface area contributed by atoms with Crippen LogP contribution in [0, 0.1) is 0 Å². The minimum atomic E-state index is -0.474. The van der Waals surface area contributed by atoms with Gasteiger partial charge in [0, 0.05) is 30.0 Å². The van der Waals surface area contributed by atoms with Gasteiger partial charge in [-0.2, -0.15) is 5.10 Å². The van der Waals surface area contributed by atoms with Crippen LogP contribution in [0.25, 0.3) is 5.69 Å². The summed E-state index contributed by atoms with van der Waals surface area (Å²) in [5, 5.41) is 8.83. The van der Waals surface area contributed by atoms with E-state index in [4.69, 9.17) is 0 Å². The Morgan fingerprint density at radius 2 is 2.19 bits per heavy atom. The van der Waals surface area contributed by atoms with E-state index in [1.165, 1.54) is 11.3 Å². The summed E-state index contributed by atoms with van der Waals surface area (Å²) >= 11 is 1.37. The van der Waals surface area contributed by atoms with E-state index in [1.807, 2.05) is 36.5 Å². The van der Waals surface area contributed by atoms with E-state index in [0.717, 1.165) is 12.1 Å². The zero-order valence-electron chi connectivity index (χ0n) is 13.9. The highest BCUT2D eigenvalue weighted by molar-refractivity contribution is 7.07. The van der Waals surface area contributed by atoms with Crippen molar-refractivity contribution in [3.8, 4) is 5.69 Å². The molecule has 1 aliphatic heterocycles. The van der Waals surface area contributed by atoms with E-state index in [9.17, 15) is 9.59 Å². The quantitative estimate of drug-likeness (QED) is 0.769. The van der Waals surface area contributed by atoms with E-state index in [0.29, 0.717) is 24.3 Å². The summed E-state index contributed by atoms with van der Waals surface area (Å²) in [6.45, 7) is 0.571. The van der Waals surface area contributed by atoms with Crippen molar-refractivity contribution in [2.75, 3.05) is 11.9 Å². The fourth-order valence-electron chi connectivity index (χ4n) is 3.12. The summed E-state index contributed by atoms with van der Waals surface area (Å²) in [4.78, 5) is 31.0. The molecule has 1 aliphatic rings. The standard InChI is InChI=1S/C18H17N5O2S/c24-17(16-6-2-8-22(16)18(25)15-11-26-12-19-15)21-13-4-1-5-14(10-13)23-9-3-7-20-23/h1,3-5,7,9-12,16H,2,6,8H2,(H,21,24). The molecule has 1 N–H and O–H groups in total. The molecule has 8 heteroatoms. The molecule has 26 heavy (non-hydrogen) atoms. The lowest BCUT2D eigenvalue weighted by molar-refractivity contribution is -0.119. The maximum atomic E-state index is 12.8. The van der Waals surface area contributed by atoms with Crippen molar-refractivity contribution in [1.29, 1.82) is 0 Å². The Bertz CT molecular complexity index is 908. The number of amides is 2. The summed E-state index contributed by atoms with van der Waals surface area (Å²) < 4.78 is 1.73. The third-order valence-corrected chi connectivity index (χ3v) is 4.94. The molecule has 7 nitrogen and oxygen atoms in total. The van der Waals surface area contributed by atoms with E-state index in [-0.39, 0.29) is 11.8 Å². The minimum Gasteiger partial charge on any atom is -0.325 e. The van der Waals surface area contributed by atoms with Crippen LogP contribution in [0.1, 0.15) is 23.3 Å². The lowest BCUT2D eigenvalue weighted by Crippen LogP contribution is -2.43. The van der Waals surface area contributed by atoms with E-state index in [2.05, 4.69) is 15.4 Å². The van der Waals surface area contributed by atoms with Crippen LogP contribution in [0.5, 0.6) is 0 Å². The lowest BCUT2D eigenvalue weighted by atomic mass is 10.2. The van der Waals surface area contributed by atoms with Crippen molar-refractivity contribution < 1.29 is 9.59 Å². The van der Waals surface area contributed by atoms with Crippen LogP contribution in [-0.4, -0.2) is 44.1 Å². The maximum absolute atomic E-state index is 12.8. The van der Waals surface area contributed by atoms with Gasteiger partial charge >= 0.3 is 0 Å². The van der Waals surface area contributed by atoms with Crippen LogP contribution in [0.2, 0.25) is 0 Å². The van der Waals surface area contributed by atoms with Gasteiger partial charge in [-0.15, -0.1) is 11.3 Å². The number of benzene rings is 1. The van der Waals surface area contributed by atoms with Crippen LogP contribution >= 0.6 is 11.3 Å². The van der Waals surface area contributed by atoms with Crippen molar-refractivity contribution in [2.45, 2.75) is 18.9 Å². The predicted molar refractivity (Wildman–Crippen MR) is 98.4 cm³/mol. The number of carbonyl (C=O) groups is 2. The van der Waals surface area contributed by atoms with Crippen LogP contribution in [0.3, 0.4) is 0 Å². The fraction of sp³-hybridized carbons (Fsp3) is 0.222. The van der Waals surface area contributed by atoms with Gasteiger partial charge in [0.25, 0.3) is 5.91 Å². The maximum Gasteiger partial charge on any atom is 0.274 e. The first-order chi connectivity index (χ1) is 12.7. The zero-order valence-corrected chi connectivity index (χ0v) is 14.7. The molecule has 1 saturated heterocycles. The van der Waals surface area contributed by atoms with Crippen LogP contribution in [-0.2, 0) is 4.79 Å². The van der Waals surface area contributed by atoms with Crippen LogP contribution in [0.4, 0.5) is 5.69 Å². The van der Waals surface area contributed by atoms with E-state index >= 15 is 0 Å². The highest BCUT2D eigenvalue weighted by Crippen LogP contribution is 2.22. The van der Waals surface area contributed by atoms with E-state index < -0.39 is 6.04 Å². The second-order valence-corrected chi connectivity index (χ2v) is 6.74. The molecule has 132 valence electrons. The van der Waals surface area contributed by atoms with Gasteiger partial charge in [0.15, 0.2) is 0 Å². The summed E-state index contributed by atoms with van der Waals surface area (Å²) in [7, 11) is 0.